The second kappa shape index (κ2) is 10.1. The number of aryl methyl sites for hydroxylation is 1. The molecule has 0 bridgehead atoms. The normalized spacial score (nSPS) is 13.1. The van der Waals surface area contributed by atoms with Gasteiger partial charge < -0.3 is 9.73 Å². The summed E-state index contributed by atoms with van der Waals surface area (Å²) in [5.74, 6) is 1.96. The average molecular weight is 265 g/mol. The molecule has 0 aromatic carbocycles. The van der Waals surface area contributed by atoms with Crippen molar-refractivity contribution in [3.63, 3.8) is 0 Å². The summed E-state index contributed by atoms with van der Waals surface area (Å²) in [7, 11) is 0. The summed E-state index contributed by atoms with van der Waals surface area (Å²) in [6.07, 6.45) is 10.8. The molecule has 1 aromatic rings. The summed E-state index contributed by atoms with van der Waals surface area (Å²) in [5, 5.41) is 3.60. The molecule has 1 atom stereocenters. The van der Waals surface area contributed by atoms with Crippen molar-refractivity contribution in [1.82, 2.24) is 5.32 Å². The number of furan rings is 1. The minimum Gasteiger partial charge on any atom is -0.469 e. The summed E-state index contributed by atoms with van der Waals surface area (Å²) < 4.78 is 5.35. The minimum absolute atomic E-state index is 0.584. The predicted molar refractivity (Wildman–Crippen MR) is 82.4 cm³/mol. The Balaban J connectivity index is 1.88. The Morgan fingerprint density at radius 1 is 1.05 bits per heavy atom. The van der Waals surface area contributed by atoms with Crippen LogP contribution >= 0.6 is 0 Å². The molecule has 0 radical (unpaired) electrons. The van der Waals surface area contributed by atoms with Crippen molar-refractivity contribution < 1.29 is 4.42 Å². The minimum atomic E-state index is 0.584. The van der Waals surface area contributed by atoms with E-state index in [1.807, 2.05) is 6.07 Å². The molecule has 0 aliphatic heterocycles. The molecule has 0 saturated heterocycles. The van der Waals surface area contributed by atoms with Crippen molar-refractivity contribution in [3.8, 4) is 0 Å². The molecule has 110 valence electrons. The highest BCUT2D eigenvalue weighted by Crippen LogP contribution is 2.09. The van der Waals surface area contributed by atoms with Crippen molar-refractivity contribution in [2.75, 3.05) is 6.54 Å². The average Bonchev–Trinajstić information content (AvgIpc) is 2.88. The van der Waals surface area contributed by atoms with Gasteiger partial charge in [-0.05, 0) is 44.4 Å². The molecule has 1 unspecified atom stereocenters. The fourth-order valence-corrected chi connectivity index (χ4v) is 2.30. The predicted octanol–water partition coefficient (Wildman–Crippen LogP) is 4.80. The van der Waals surface area contributed by atoms with Gasteiger partial charge in [0.2, 0.25) is 0 Å². The van der Waals surface area contributed by atoms with Crippen LogP contribution < -0.4 is 5.32 Å². The molecule has 1 N–H and O–H groups in total. The molecule has 19 heavy (non-hydrogen) atoms. The summed E-state index contributed by atoms with van der Waals surface area (Å²) in [6.45, 7) is 8.03. The van der Waals surface area contributed by atoms with Crippen LogP contribution in [0.2, 0.25) is 0 Å². The quantitative estimate of drug-likeness (QED) is 0.582. The Morgan fingerprint density at radius 2 is 1.84 bits per heavy atom. The van der Waals surface area contributed by atoms with Crippen molar-refractivity contribution in [2.45, 2.75) is 71.8 Å². The molecule has 0 spiro atoms. The first-order valence-corrected chi connectivity index (χ1v) is 7.94. The molecule has 0 saturated carbocycles. The monoisotopic (exact) mass is 265 g/mol. The van der Waals surface area contributed by atoms with E-state index in [0.717, 1.165) is 31.1 Å². The number of hydrogen-bond acceptors (Lipinski definition) is 2. The van der Waals surface area contributed by atoms with Gasteiger partial charge in [-0.25, -0.2) is 0 Å². The van der Waals surface area contributed by atoms with Crippen LogP contribution in [-0.2, 0) is 6.42 Å². The Bertz CT molecular complexity index is 292. The van der Waals surface area contributed by atoms with Gasteiger partial charge in [0.05, 0.1) is 6.26 Å². The van der Waals surface area contributed by atoms with E-state index in [0.29, 0.717) is 6.04 Å². The van der Waals surface area contributed by atoms with E-state index in [2.05, 4.69) is 32.2 Å². The van der Waals surface area contributed by atoms with E-state index in [4.69, 9.17) is 4.42 Å². The molecule has 1 heterocycles. The molecule has 1 rings (SSSR count). The molecule has 0 aliphatic carbocycles. The lowest BCUT2D eigenvalue weighted by atomic mass is 10.0. The van der Waals surface area contributed by atoms with Crippen molar-refractivity contribution in [1.29, 1.82) is 0 Å². The van der Waals surface area contributed by atoms with Crippen LogP contribution in [0.1, 0.15) is 65.1 Å². The lowest BCUT2D eigenvalue weighted by Gasteiger charge is -2.13. The van der Waals surface area contributed by atoms with E-state index in [1.165, 1.54) is 32.1 Å². The fourth-order valence-electron chi connectivity index (χ4n) is 2.30. The molecule has 0 amide bonds. The SMILES string of the molecule is CC(C)CCCCCCNC(C)CCc1ccco1. The van der Waals surface area contributed by atoms with Crippen LogP contribution in [0.4, 0.5) is 0 Å². The maximum atomic E-state index is 5.35. The van der Waals surface area contributed by atoms with Crippen LogP contribution in [0.3, 0.4) is 0 Å². The zero-order valence-corrected chi connectivity index (χ0v) is 13.0. The van der Waals surface area contributed by atoms with Gasteiger partial charge in [-0.2, -0.15) is 0 Å². The second-order valence-corrected chi connectivity index (χ2v) is 6.07. The van der Waals surface area contributed by atoms with E-state index in [9.17, 15) is 0 Å². The lowest BCUT2D eigenvalue weighted by molar-refractivity contribution is 0.451. The van der Waals surface area contributed by atoms with Crippen molar-refractivity contribution in [2.24, 2.45) is 5.92 Å². The summed E-state index contributed by atoms with van der Waals surface area (Å²) >= 11 is 0. The van der Waals surface area contributed by atoms with Crippen LogP contribution in [0, 0.1) is 5.92 Å². The lowest BCUT2D eigenvalue weighted by Crippen LogP contribution is -2.27. The van der Waals surface area contributed by atoms with Crippen LogP contribution in [0.25, 0.3) is 0 Å². The molecular formula is C17H31NO. The van der Waals surface area contributed by atoms with Crippen molar-refractivity contribution in [3.05, 3.63) is 24.2 Å². The Morgan fingerprint density at radius 3 is 2.53 bits per heavy atom. The number of unbranched alkanes of at least 4 members (excludes halogenated alkanes) is 3. The zero-order chi connectivity index (χ0) is 13.9. The largest absolute Gasteiger partial charge is 0.469 e. The first-order chi connectivity index (χ1) is 9.18. The third kappa shape index (κ3) is 8.88. The molecular weight excluding hydrogens is 234 g/mol. The highest BCUT2D eigenvalue weighted by atomic mass is 16.3. The molecule has 0 fully saturated rings. The molecule has 2 heteroatoms. The van der Waals surface area contributed by atoms with E-state index in [-0.39, 0.29) is 0 Å². The van der Waals surface area contributed by atoms with Gasteiger partial charge in [-0.15, -0.1) is 0 Å². The van der Waals surface area contributed by atoms with Gasteiger partial charge in [-0.1, -0.05) is 39.5 Å². The van der Waals surface area contributed by atoms with Gasteiger partial charge in [0.15, 0.2) is 0 Å². The number of rotatable bonds is 11. The van der Waals surface area contributed by atoms with Gasteiger partial charge in [0.25, 0.3) is 0 Å². The van der Waals surface area contributed by atoms with Gasteiger partial charge in [0.1, 0.15) is 5.76 Å². The zero-order valence-electron chi connectivity index (χ0n) is 13.0. The first kappa shape index (κ1) is 16.3. The van der Waals surface area contributed by atoms with Crippen LogP contribution in [0.15, 0.2) is 22.8 Å². The number of nitrogens with one attached hydrogen (secondary N) is 1. The molecule has 0 aliphatic rings. The Labute approximate surface area is 119 Å². The van der Waals surface area contributed by atoms with Crippen LogP contribution in [-0.4, -0.2) is 12.6 Å². The molecule has 2 nitrogen and oxygen atoms in total. The fraction of sp³-hybridized carbons (Fsp3) is 0.765. The highest BCUT2D eigenvalue weighted by Gasteiger charge is 2.03. The third-order valence-corrected chi connectivity index (χ3v) is 3.60. The maximum Gasteiger partial charge on any atom is 0.103 e. The van der Waals surface area contributed by atoms with E-state index in [1.54, 1.807) is 6.26 Å². The summed E-state index contributed by atoms with van der Waals surface area (Å²) in [4.78, 5) is 0. The van der Waals surface area contributed by atoms with Gasteiger partial charge in [0, 0.05) is 12.5 Å². The van der Waals surface area contributed by atoms with Crippen molar-refractivity contribution >= 4 is 0 Å². The second-order valence-electron chi connectivity index (χ2n) is 6.07. The standard InChI is InChI=1S/C17H31NO/c1-15(2)9-6-4-5-7-13-18-16(3)11-12-17-10-8-14-19-17/h8,10,14-16,18H,4-7,9,11-13H2,1-3H3. The third-order valence-electron chi connectivity index (χ3n) is 3.60. The first-order valence-electron chi connectivity index (χ1n) is 7.94. The topological polar surface area (TPSA) is 25.2 Å². The summed E-state index contributed by atoms with van der Waals surface area (Å²) in [6, 6.07) is 4.60. The van der Waals surface area contributed by atoms with Crippen LogP contribution in [0.5, 0.6) is 0 Å². The Kier molecular flexibility index (Phi) is 8.64. The summed E-state index contributed by atoms with van der Waals surface area (Å²) in [5.41, 5.74) is 0. The van der Waals surface area contributed by atoms with E-state index >= 15 is 0 Å². The van der Waals surface area contributed by atoms with Gasteiger partial charge in [-0.3, -0.25) is 0 Å². The van der Waals surface area contributed by atoms with Gasteiger partial charge >= 0.3 is 0 Å². The van der Waals surface area contributed by atoms with E-state index < -0.39 is 0 Å². The Hall–Kier alpha value is -0.760. The highest BCUT2D eigenvalue weighted by molar-refractivity contribution is 4.98. The number of hydrogen-bond donors (Lipinski definition) is 1. The smallest absolute Gasteiger partial charge is 0.103 e. The maximum absolute atomic E-state index is 5.35. The molecule has 1 aromatic heterocycles.